The molecule has 0 bridgehead atoms. The lowest BCUT2D eigenvalue weighted by Gasteiger charge is -2.31. The van der Waals surface area contributed by atoms with Crippen molar-refractivity contribution in [1.29, 1.82) is 0 Å². The number of hydrogen-bond donors (Lipinski definition) is 0. The molecule has 150 valence electrons. The molecule has 0 N–H and O–H groups in total. The number of nitrogens with zero attached hydrogens (tertiary/aromatic N) is 5. The first-order valence-corrected chi connectivity index (χ1v) is 9.85. The highest BCUT2D eigenvalue weighted by Crippen LogP contribution is 2.28. The molecule has 8 heteroatoms. The Morgan fingerprint density at radius 2 is 1.86 bits per heavy atom. The molecule has 0 saturated carbocycles. The molecular formula is C20H26FN5O2. The van der Waals surface area contributed by atoms with Gasteiger partial charge in [0.05, 0.1) is 25.3 Å². The minimum absolute atomic E-state index is 0.146. The molecule has 0 atom stereocenters. The number of likely N-dealkylation sites (tertiary alicyclic amines) is 1. The highest BCUT2D eigenvalue weighted by molar-refractivity contribution is 5.94. The Morgan fingerprint density at radius 1 is 1.14 bits per heavy atom. The van der Waals surface area contributed by atoms with Crippen molar-refractivity contribution >= 4 is 5.91 Å². The molecule has 0 radical (unpaired) electrons. The van der Waals surface area contributed by atoms with Gasteiger partial charge < -0.3 is 14.2 Å². The maximum absolute atomic E-state index is 13.9. The van der Waals surface area contributed by atoms with Crippen molar-refractivity contribution in [3.63, 3.8) is 0 Å². The van der Waals surface area contributed by atoms with E-state index in [1.165, 1.54) is 6.07 Å². The molecule has 0 spiro atoms. The second-order valence-electron chi connectivity index (χ2n) is 7.47. The van der Waals surface area contributed by atoms with E-state index >= 15 is 0 Å². The summed E-state index contributed by atoms with van der Waals surface area (Å²) in [6, 6.07) is 6.17. The quantitative estimate of drug-likeness (QED) is 0.801. The van der Waals surface area contributed by atoms with E-state index in [0.29, 0.717) is 13.1 Å². The summed E-state index contributed by atoms with van der Waals surface area (Å²) >= 11 is 0. The normalized spacial score (nSPS) is 19.1. The van der Waals surface area contributed by atoms with Crippen molar-refractivity contribution in [2.24, 2.45) is 7.05 Å². The van der Waals surface area contributed by atoms with Gasteiger partial charge in [0.2, 0.25) is 0 Å². The number of hydrogen-bond acceptors (Lipinski definition) is 5. The van der Waals surface area contributed by atoms with Crippen LogP contribution in [0.2, 0.25) is 0 Å². The molecule has 1 aromatic heterocycles. The van der Waals surface area contributed by atoms with Crippen molar-refractivity contribution in [2.75, 3.05) is 39.4 Å². The maximum Gasteiger partial charge on any atom is 0.256 e. The number of carbonyl (C=O) groups is 1. The Balaban J connectivity index is 1.37. The summed E-state index contributed by atoms with van der Waals surface area (Å²) in [5, 5.41) is 8.84. The van der Waals surface area contributed by atoms with E-state index in [-0.39, 0.29) is 17.4 Å². The molecule has 1 amide bonds. The van der Waals surface area contributed by atoms with Gasteiger partial charge in [-0.2, -0.15) is 0 Å². The molecule has 7 nitrogen and oxygen atoms in total. The number of amides is 1. The number of morpholine rings is 1. The van der Waals surface area contributed by atoms with Gasteiger partial charge in [0.15, 0.2) is 0 Å². The van der Waals surface area contributed by atoms with Gasteiger partial charge in [-0.15, -0.1) is 10.2 Å². The highest BCUT2D eigenvalue weighted by atomic mass is 19.1. The zero-order valence-electron chi connectivity index (χ0n) is 16.2. The fourth-order valence-corrected chi connectivity index (χ4v) is 3.97. The Morgan fingerprint density at radius 3 is 2.57 bits per heavy atom. The first-order valence-electron chi connectivity index (χ1n) is 9.85. The molecule has 2 fully saturated rings. The number of ether oxygens (including phenoxy) is 1. The molecule has 2 saturated heterocycles. The molecule has 2 aliphatic heterocycles. The fourth-order valence-electron chi connectivity index (χ4n) is 3.97. The van der Waals surface area contributed by atoms with Gasteiger partial charge in [0, 0.05) is 39.1 Å². The average molecular weight is 387 g/mol. The van der Waals surface area contributed by atoms with E-state index < -0.39 is 5.82 Å². The van der Waals surface area contributed by atoms with Crippen LogP contribution in [0.15, 0.2) is 24.3 Å². The molecule has 0 aliphatic carbocycles. The zero-order chi connectivity index (χ0) is 19.5. The zero-order valence-corrected chi connectivity index (χ0v) is 16.2. The van der Waals surface area contributed by atoms with Crippen molar-refractivity contribution in [2.45, 2.75) is 25.3 Å². The van der Waals surface area contributed by atoms with Gasteiger partial charge in [-0.05, 0) is 25.0 Å². The standard InChI is InChI=1S/C20H26FN5O2/c1-24-18(14-25-10-12-28-13-11-25)22-23-19(24)15-6-8-26(9-7-15)20(27)16-4-2-3-5-17(16)21/h2-5,15H,6-14H2,1H3. The number of rotatable bonds is 4. The van der Waals surface area contributed by atoms with E-state index in [0.717, 1.165) is 57.3 Å². The van der Waals surface area contributed by atoms with Crippen molar-refractivity contribution < 1.29 is 13.9 Å². The van der Waals surface area contributed by atoms with Crippen molar-refractivity contribution in [3.05, 3.63) is 47.3 Å². The summed E-state index contributed by atoms with van der Waals surface area (Å²) in [5.41, 5.74) is 0.146. The largest absolute Gasteiger partial charge is 0.379 e. The Labute approximate surface area is 164 Å². The Kier molecular flexibility index (Phi) is 5.68. The summed E-state index contributed by atoms with van der Waals surface area (Å²) in [5.74, 6) is 1.50. The molecule has 28 heavy (non-hydrogen) atoms. The van der Waals surface area contributed by atoms with Gasteiger partial charge in [0.1, 0.15) is 17.5 Å². The second kappa shape index (κ2) is 8.36. The molecule has 1 aromatic carbocycles. The van der Waals surface area contributed by atoms with Crippen LogP contribution in [-0.2, 0) is 18.3 Å². The van der Waals surface area contributed by atoms with Crippen LogP contribution >= 0.6 is 0 Å². The van der Waals surface area contributed by atoms with Crippen LogP contribution in [0.3, 0.4) is 0 Å². The number of benzene rings is 1. The van der Waals surface area contributed by atoms with Crippen LogP contribution < -0.4 is 0 Å². The summed E-state index contributed by atoms with van der Waals surface area (Å²) in [7, 11) is 2.02. The van der Waals surface area contributed by atoms with Gasteiger partial charge in [0.25, 0.3) is 5.91 Å². The van der Waals surface area contributed by atoms with Crippen LogP contribution in [0.25, 0.3) is 0 Å². The van der Waals surface area contributed by atoms with Gasteiger partial charge in [-0.3, -0.25) is 9.69 Å². The molecule has 2 aromatic rings. The Hall–Kier alpha value is -2.32. The van der Waals surface area contributed by atoms with Crippen LogP contribution in [0.5, 0.6) is 0 Å². The number of aromatic nitrogens is 3. The second-order valence-corrected chi connectivity index (χ2v) is 7.47. The summed E-state index contributed by atoms with van der Waals surface area (Å²) in [6.45, 7) is 5.33. The third-order valence-corrected chi connectivity index (χ3v) is 5.72. The monoisotopic (exact) mass is 387 g/mol. The summed E-state index contributed by atoms with van der Waals surface area (Å²) in [6.07, 6.45) is 1.62. The van der Waals surface area contributed by atoms with Crippen molar-refractivity contribution in [1.82, 2.24) is 24.6 Å². The van der Waals surface area contributed by atoms with Crippen LogP contribution in [0.1, 0.15) is 40.8 Å². The van der Waals surface area contributed by atoms with E-state index in [2.05, 4.69) is 19.7 Å². The van der Waals surface area contributed by atoms with E-state index in [1.54, 1.807) is 23.1 Å². The molecule has 3 heterocycles. The average Bonchev–Trinajstić information content (AvgIpc) is 3.09. The fraction of sp³-hybridized carbons (Fsp3) is 0.550. The molecule has 0 unspecified atom stereocenters. The Bertz CT molecular complexity index is 826. The third kappa shape index (κ3) is 3.93. The minimum Gasteiger partial charge on any atom is -0.379 e. The first-order chi connectivity index (χ1) is 13.6. The maximum atomic E-state index is 13.9. The third-order valence-electron chi connectivity index (χ3n) is 5.72. The lowest BCUT2D eigenvalue weighted by molar-refractivity contribution is 0.0326. The smallest absolute Gasteiger partial charge is 0.256 e. The van der Waals surface area contributed by atoms with Crippen LogP contribution in [0.4, 0.5) is 4.39 Å². The van der Waals surface area contributed by atoms with E-state index in [4.69, 9.17) is 4.74 Å². The van der Waals surface area contributed by atoms with Crippen molar-refractivity contribution in [3.8, 4) is 0 Å². The molecule has 4 rings (SSSR count). The lowest BCUT2D eigenvalue weighted by atomic mass is 9.95. The van der Waals surface area contributed by atoms with Gasteiger partial charge in [-0.1, -0.05) is 12.1 Å². The van der Waals surface area contributed by atoms with Gasteiger partial charge in [-0.25, -0.2) is 4.39 Å². The first kappa shape index (κ1) is 19.0. The predicted molar refractivity (Wildman–Crippen MR) is 101 cm³/mol. The lowest BCUT2D eigenvalue weighted by Crippen LogP contribution is -2.38. The van der Waals surface area contributed by atoms with Crippen LogP contribution in [-0.4, -0.2) is 69.9 Å². The number of carbonyl (C=O) groups excluding carboxylic acids is 1. The number of piperidine rings is 1. The minimum atomic E-state index is -0.462. The molecular weight excluding hydrogens is 361 g/mol. The SMILES string of the molecule is Cn1c(CN2CCOCC2)nnc1C1CCN(C(=O)c2ccccc2F)CC1. The topological polar surface area (TPSA) is 63.5 Å². The summed E-state index contributed by atoms with van der Waals surface area (Å²) in [4.78, 5) is 16.7. The van der Waals surface area contributed by atoms with E-state index in [9.17, 15) is 9.18 Å². The van der Waals surface area contributed by atoms with E-state index in [1.807, 2.05) is 7.05 Å². The van der Waals surface area contributed by atoms with Gasteiger partial charge >= 0.3 is 0 Å². The van der Waals surface area contributed by atoms with Crippen LogP contribution in [0, 0.1) is 5.82 Å². The molecule has 2 aliphatic rings. The highest BCUT2D eigenvalue weighted by Gasteiger charge is 2.29. The number of halogens is 1. The predicted octanol–water partition coefficient (Wildman–Crippen LogP) is 1.81. The summed E-state index contributed by atoms with van der Waals surface area (Å²) < 4.78 is 21.4.